The molecule has 3 aromatic carbocycles. The smallest absolute Gasteiger partial charge is 0.266 e. The molecule has 5 heteroatoms. The summed E-state index contributed by atoms with van der Waals surface area (Å²) in [6.45, 7) is 1.95. The lowest BCUT2D eigenvalue weighted by molar-refractivity contribution is -0.112. The Balaban J connectivity index is 1.80. The highest BCUT2D eigenvalue weighted by atomic mass is 19.1. The van der Waals surface area contributed by atoms with Gasteiger partial charge in [-0.25, -0.2) is 4.39 Å². The van der Waals surface area contributed by atoms with Crippen LogP contribution >= 0.6 is 0 Å². The maximum absolute atomic E-state index is 13.8. The number of benzene rings is 3. The minimum absolute atomic E-state index is 0.0366. The van der Waals surface area contributed by atoms with E-state index < -0.39 is 5.91 Å². The summed E-state index contributed by atoms with van der Waals surface area (Å²) in [5.41, 5.74) is 2.52. The summed E-state index contributed by atoms with van der Waals surface area (Å²) in [5.74, 6) is -0.412. The molecule has 0 aliphatic rings. The summed E-state index contributed by atoms with van der Waals surface area (Å²) in [6.07, 6.45) is 1.46. The van der Waals surface area contributed by atoms with E-state index in [1.807, 2.05) is 31.2 Å². The summed E-state index contributed by atoms with van der Waals surface area (Å²) < 4.78 is 19.5. The van der Waals surface area contributed by atoms with Crippen LogP contribution in [0.3, 0.4) is 0 Å². The fourth-order valence-electron chi connectivity index (χ4n) is 2.73. The second kappa shape index (κ2) is 9.34. The minimum Gasteiger partial charge on any atom is -0.488 e. The van der Waals surface area contributed by atoms with Crippen molar-refractivity contribution in [2.75, 3.05) is 5.32 Å². The van der Waals surface area contributed by atoms with Crippen LogP contribution in [0, 0.1) is 24.1 Å². The standard InChI is InChI=1S/C24H19FN2O2/c1-17-7-6-10-21(13-17)27-24(28)20(15-26)14-18-8-3-5-12-23(18)29-16-19-9-2-4-11-22(19)25/h2-14H,16H2,1H3,(H,27,28)/b20-14+. The predicted molar refractivity (Wildman–Crippen MR) is 111 cm³/mol. The Bertz CT molecular complexity index is 1100. The highest BCUT2D eigenvalue weighted by Crippen LogP contribution is 2.23. The largest absolute Gasteiger partial charge is 0.488 e. The number of carbonyl (C=O) groups is 1. The summed E-state index contributed by atoms with van der Waals surface area (Å²) in [4.78, 5) is 12.5. The van der Waals surface area contributed by atoms with E-state index in [2.05, 4.69) is 5.32 Å². The van der Waals surface area contributed by atoms with Gasteiger partial charge in [0.2, 0.25) is 0 Å². The average molecular weight is 386 g/mol. The van der Waals surface area contributed by atoms with Gasteiger partial charge in [0.1, 0.15) is 29.8 Å². The number of halogens is 1. The Kier molecular flexibility index (Phi) is 6.39. The first kappa shape index (κ1) is 19.8. The van der Waals surface area contributed by atoms with E-state index in [0.29, 0.717) is 22.6 Å². The van der Waals surface area contributed by atoms with Crippen molar-refractivity contribution in [3.05, 3.63) is 101 Å². The molecule has 0 aromatic heterocycles. The van der Waals surface area contributed by atoms with Gasteiger partial charge in [-0.3, -0.25) is 4.79 Å². The third-order valence-electron chi connectivity index (χ3n) is 4.20. The zero-order chi connectivity index (χ0) is 20.6. The van der Waals surface area contributed by atoms with Crippen molar-refractivity contribution in [1.29, 1.82) is 5.26 Å². The van der Waals surface area contributed by atoms with Gasteiger partial charge in [-0.2, -0.15) is 5.26 Å². The monoisotopic (exact) mass is 386 g/mol. The number of nitrogens with zero attached hydrogens (tertiary/aromatic N) is 1. The van der Waals surface area contributed by atoms with Crippen LogP contribution in [0.1, 0.15) is 16.7 Å². The lowest BCUT2D eigenvalue weighted by atomic mass is 10.1. The van der Waals surface area contributed by atoms with Crippen LogP contribution in [0.5, 0.6) is 5.75 Å². The van der Waals surface area contributed by atoms with Crippen LogP contribution < -0.4 is 10.1 Å². The van der Waals surface area contributed by atoms with Crippen LogP contribution in [-0.2, 0) is 11.4 Å². The second-order valence-electron chi connectivity index (χ2n) is 6.41. The van der Waals surface area contributed by atoms with Crippen LogP contribution in [0.2, 0.25) is 0 Å². The number of hydrogen-bond acceptors (Lipinski definition) is 3. The molecule has 0 atom stereocenters. The zero-order valence-corrected chi connectivity index (χ0v) is 15.9. The molecule has 144 valence electrons. The van der Waals surface area contributed by atoms with Crippen molar-refractivity contribution in [2.45, 2.75) is 13.5 Å². The normalized spacial score (nSPS) is 10.9. The van der Waals surface area contributed by atoms with E-state index in [1.54, 1.807) is 48.5 Å². The summed E-state index contributed by atoms with van der Waals surface area (Å²) in [5, 5.41) is 12.2. The third kappa shape index (κ3) is 5.30. The van der Waals surface area contributed by atoms with Crippen molar-refractivity contribution < 1.29 is 13.9 Å². The second-order valence-corrected chi connectivity index (χ2v) is 6.41. The molecule has 0 bridgehead atoms. The highest BCUT2D eigenvalue weighted by Gasteiger charge is 2.12. The van der Waals surface area contributed by atoms with Gasteiger partial charge in [0.25, 0.3) is 5.91 Å². The van der Waals surface area contributed by atoms with Crippen molar-refractivity contribution in [2.24, 2.45) is 0 Å². The first-order chi connectivity index (χ1) is 14.1. The Morgan fingerprint density at radius 3 is 2.62 bits per heavy atom. The van der Waals surface area contributed by atoms with Crippen molar-refractivity contribution >= 4 is 17.7 Å². The molecule has 1 N–H and O–H groups in total. The molecule has 0 saturated heterocycles. The molecule has 4 nitrogen and oxygen atoms in total. The molecular weight excluding hydrogens is 367 g/mol. The van der Waals surface area contributed by atoms with E-state index in [0.717, 1.165) is 5.56 Å². The topological polar surface area (TPSA) is 62.1 Å². The summed E-state index contributed by atoms with van der Waals surface area (Å²) >= 11 is 0. The Morgan fingerprint density at radius 2 is 1.86 bits per heavy atom. The molecule has 0 radical (unpaired) electrons. The number of rotatable bonds is 6. The van der Waals surface area contributed by atoms with Crippen LogP contribution in [0.25, 0.3) is 6.08 Å². The van der Waals surface area contributed by atoms with E-state index >= 15 is 0 Å². The van der Waals surface area contributed by atoms with Gasteiger partial charge in [0.15, 0.2) is 0 Å². The molecule has 0 unspecified atom stereocenters. The predicted octanol–water partition coefficient (Wildman–Crippen LogP) is 5.26. The van der Waals surface area contributed by atoms with Gasteiger partial charge in [0, 0.05) is 16.8 Å². The molecule has 0 fully saturated rings. The molecule has 29 heavy (non-hydrogen) atoms. The summed E-state index contributed by atoms with van der Waals surface area (Å²) in [7, 11) is 0. The molecule has 3 rings (SSSR count). The van der Waals surface area contributed by atoms with E-state index in [9.17, 15) is 14.4 Å². The first-order valence-electron chi connectivity index (χ1n) is 9.02. The van der Waals surface area contributed by atoms with Crippen LogP contribution in [0.15, 0.2) is 78.4 Å². The van der Waals surface area contributed by atoms with Gasteiger partial charge >= 0.3 is 0 Å². The fourth-order valence-corrected chi connectivity index (χ4v) is 2.73. The Morgan fingerprint density at radius 1 is 1.10 bits per heavy atom. The van der Waals surface area contributed by atoms with E-state index in [4.69, 9.17) is 4.74 Å². The molecule has 0 aliphatic heterocycles. The third-order valence-corrected chi connectivity index (χ3v) is 4.20. The number of amides is 1. The molecule has 1 amide bonds. The zero-order valence-electron chi connectivity index (χ0n) is 15.9. The van der Waals surface area contributed by atoms with Gasteiger partial charge in [0.05, 0.1) is 0 Å². The number of nitrogens with one attached hydrogen (secondary N) is 1. The maximum Gasteiger partial charge on any atom is 0.266 e. The summed E-state index contributed by atoms with van der Waals surface area (Å²) in [6, 6.07) is 22.6. The number of nitriles is 1. The van der Waals surface area contributed by atoms with Crippen LogP contribution in [0.4, 0.5) is 10.1 Å². The van der Waals surface area contributed by atoms with Crippen molar-refractivity contribution in [1.82, 2.24) is 0 Å². The first-order valence-corrected chi connectivity index (χ1v) is 9.02. The van der Waals surface area contributed by atoms with Gasteiger partial charge in [-0.15, -0.1) is 0 Å². The van der Waals surface area contributed by atoms with Gasteiger partial charge < -0.3 is 10.1 Å². The SMILES string of the molecule is Cc1cccc(NC(=O)/C(C#N)=C/c2ccccc2OCc2ccccc2F)c1. The number of para-hydroxylation sites is 1. The quantitative estimate of drug-likeness (QED) is 0.464. The van der Waals surface area contributed by atoms with Crippen LogP contribution in [-0.4, -0.2) is 5.91 Å². The number of carbonyl (C=O) groups excluding carboxylic acids is 1. The Labute approximate surface area is 168 Å². The molecule has 0 aliphatic carbocycles. The molecular formula is C24H19FN2O2. The van der Waals surface area contributed by atoms with E-state index in [-0.39, 0.29) is 18.0 Å². The molecule has 0 heterocycles. The molecule has 0 spiro atoms. The number of hydrogen-bond donors (Lipinski definition) is 1. The lowest BCUT2D eigenvalue weighted by Crippen LogP contribution is -2.13. The van der Waals surface area contributed by atoms with Gasteiger partial charge in [-0.1, -0.05) is 48.5 Å². The van der Waals surface area contributed by atoms with Crippen molar-refractivity contribution in [3.8, 4) is 11.8 Å². The number of ether oxygens (including phenoxy) is 1. The lowest BCUT2D eigenvalue weighted by Gasteiger charge is -2.10. The maximum atomic E-state index is 13.8. The molecule has 3 aromatic rings. The number of aryl methyl sites for hydroxylation is 1. The highest BCUT2D eigenvalue weighted by molar-refractivity contribution is 6.09. The molecule has 0 saturated carbocycles. The van der Waals surface area contributed by atoms with E-state index in [1.165, 1.54) is 12.1 Å². The number of anilines is 1. The fraction of sp³-hybridized carbons (Fsp3) is 0.0833. The van der Waals surface area contributed by atoms with Crippen molar-refractivity contribution in [3.63, 3.8) is 0 Å². The van der Waals surface area contributed by atoms with Gasteiger partial charge in [-0.05, 0) is 42.8 Å². The minimum atomic E-state index is -0.512. The Hall–Kier alpha value is -3.91. The average Bonchev–Trinajstić information content (AvgIpc) is 2.72.